The smallest absolute Gasteiger partial charge is 0.351 e. The van der Waals surface area contributed by atoms with E-state index in [2.05, 4.69) is 4.18 Å². The molecule has 0 saturated heterocycles. The maximum absolute atomic E-state index is 10.3. The van der Waals surface area contributed by atoms with Crippen LogP contribution < -0.4 is 5.73 Å². The van der Waals surface area contributed by atoms with Crippen molar-refractivity contribution in [3.63, 3.8) is 0 Å². The van der Waals surface area contributed by atoms with E-state index < -0.39 is 16.4 Å². The number of primary amides is 1. The molecule has 2 amide bonds. The first-order valence-electron chi connectivity index (χ1n) is 2.95. The molecule has 0 aliphatic carbocycles. The van der Waals surface area contributed by atoms with Crippen LogP contribution in [0.4, 0.5) is 4.79 Å². The molecule has 3 N–H and O–H groups in total. The Morgan fingerprint density at radius 1 is 1.67 bits per heavy atom. The minimum Gasteiger partial charge on any atom is -0.351 e. The van der Waals surface area contributed by atoms with Gasteiger partial charge in [0.2, 0.25) is 0 Å². The van der Waals surface area contributed by atoms with Crippen LogP contribution in [0, 0.1) is 0 Å². The van der Waals surface area contributed by atoms with Crippen LogP contribution in [0.3, 0.4) is 0 Å². The van der Waals surface area contributed by atoms with Gasteiger partial charge in [0.05, 0.1) is 6.61 Å². The van der Waals surface area contributed by atoms with Gasteiger partial charge in [-0.3, -0.25) is 4.55 Å². The lowest BCUT2D eigenvalue weighted by molar-refractivity contribution is 0.198. The Labute approximate surface area is 70.0 Å². The van der Waals surface area contributed by atoms with E-state index >= 15 is 0 Å². The number of hydrogen-bond acceptors (Lipinski definition) is 4. The summed E-state index contributed by atoms with van der Waals surface area (Å²) in [5.74, 6) is 0. The fraction of sp³-hybridized carbons (Fsp3) is 0.750. The summed E-state index contributed by atoms with van der Waals surface area (Å²) in [4.78, 5) is 11.4. The van der Waals surface area contributed by atoms with Gasteiger partial charge in [0.1, 0.15) is 0 Å². The van der Waals surface area contributed by atoms with Crippen LogP contribution >= 0.6 is 0 Å². The highest BCUT2D eigenvalue weighted by Gasteiger charge is 2.06. The highest BCUT2D eigenvalue weighted by molar-refractivity contribution is 7.80. The largest absolute Gasteiger partial charge is 0.397 e. The predicted octanol–water partition coefficient (Wildman–Crippen LogP) is -1.18. The van der Waals surface area contributed by atoms with E-state index in [1.165, 1.54) is 7.05 Å². The average molecular weight is 198 g/mol. The quantitative estimate of drug-likeness (QED) is 0.552. The molecule has 12 heavy (non-hydrogen) atoms. The molecule has 0 unspecified atom stereocenters. The number of hydrogen-bond donors (Lipinski definition) is 2. The summed E-state index contributed by atoms with van der Waals surface area (Å²) in [6.45, 7) is -0.326. The van der Waals surface area contributed by atoms with Crippen molar-refractivity contribution >= 4 is 16.4 Å². The number of nitrogens with two attached hydrogens (primary N) is 1. The molecule has 72 valence electrons. The van der Waals surface area contributed by atoms with Gasteiger partial charge >= 0.3 is 16.4 Å². The van der Waals surface area contributed by atoms with Gasteiger partial charge in [-0.1, -0.05) is 0 Å². The fourth-order valence-corrected chi connectivity index (χ4v) is 0.675. The van der Waals surface area contributed by atoms with Gasteiger partial charge in [-0.05, 0) is 0 Å². The van der Waals surface area contributed by atoms with Crippen LogP contribution in [-0.2, 0) is 14.6 Å². The Balaban J connectivity index is 3.65. The lowest BCUT2D eigenvalue weighted by Crippen LogP contribution is -2.34. The molecule has 0 radical (unpaired) electrons. The van der Waals surface area contributed by atoms with Gasteiger partial charge in [-0.25, -0.2) is 8.98 Å². The number of likely N-dealkylation sites (N-methyl/N-ethyl adjacent to an activating group) is 1. The maximum atomic E-state index is 10.3. The highest BCUT2D eigenvalue weighted by Crippen LogP contribution is 1.87. The van der Waals surface area contributed by atoms with Crippen molar-refractivity contribution in [3.8, 4) is 0 Å². The van der Waals surface area contributed by atoms with E-state index in [9.17, 15) is 13.2 Å². The number of urea groups is 1. The topological polar surface area (TPSA) is 110 Å². The molecule has 0 aliphatic heterocycles. The van der Waals surface area contributed by atoms with Crippen LogP contribution in [0.2, 0.25) is 0 Å². The van der Waals surface area contributed by atoms with Crippen molar-refractivity contribution in [1.82, 2.24) is 4.90 Å². The summed E-state index contributed by atoms with van der Waals surface area (Å²) >= 11 is 0. The SMILES string of the molecule is CN(CCOS(=O)(=O)O)C(N)=O. The molecule has 0 aromatic carbocycles. The maximum Gasteiger partial charge on any atom is 0.397 e. The first-order chi connectivity index (χ1) is 5.33. The normalized spacial score (nSPS) is 11.2. The van der Waals surface area contributed by atoms with E-state index in [0.29, 0.717) is 0 Å². The van der Waals surface area contributed by atoms with E-state index in [4.69, 9.17) is 10.3 Å². The van der Waals surface area contributed by atoms with Crippen molar-refractivity contribution < 1.29 is 21.9 Å². The van der Waals surface area contributed by atoms with Crippen molar-refractivity contribution in [2.24, 2.45) is 5.73 Å². The summed E-state index contributed by atoms with van der Waals surface area (Å²) in [7, 11) is -3.05. The van der Waals surface area contributed by atoms with Gasteiger partial charge in [0.25, 0.3) is 0 Å². The second-order valence-corrected chi connectivity index (χ2v) is 3.10. The number of nitrogens with zero attached hydrogens (tertiary/aromatic N) is 1. The molecular weight excluding hydrogens is 188 g/mol. The van der Waals surface area contributed by atoms with Crippen LogP contribution in [0.1, 0.15) is 0 Å². The van der Waals surface area contributed by atoms with Crippen molar-refractivity contribution in [2.45, 2.75) is 0 Å². The first-order valence-corrected chi connectivity index (χ1v) is 4.32. The van der Waals surface area contributed by atoms with Crippen molar-refractivity contribution in [1.29, 1.82) is 0 Å². The zero-order valence-corrected chi connectivity index (χ0v) is 7.24. The molecule has 7 nitrogen and oxygen atoms in total. The molecular formula is C4H10N2O5S. The van der Waals surface area contributed by atoms with Crippen LogP contribution in [0.5, 0.6) is 0 Å². The zero-order valence-electron chi connectivity index (χ0n) is 6.43. The molecule has 0 aromatic rings. The van der Waals surface area contributed by atoms with E-state index in [-0.39, 0.29) is 13.2 Å². The van der Waals surface area contributed by atoms with Crippen LogP contribution in [-0.4, -0.2) is 44.1 Å². The summed E-state index contributed by atoms with van der Waals surface area (Å²) in [6.07, 6.45) is 0. The Morgan fingerprint density at radius 2 is 2.17 bits per heavy atom. The number of rotatable bonds is 4. The molecule has 0 fully saturated rings. The lowest BCUT2D eigenvalue weighted by atomic mass is 10.6. The second-order valence-electron chi connectivity index (χ2n) is 2.01. The van der Waals surface area contributed by atoms with Crippen LogP contribution in [0.15, 0.2) is 0 Å². The number of amides is 2. The van der Waals surface area contributed by atoms with Crippen LogP contribution in [0.25, 0.3) is 0 Å². The lowest BCUT2D eigenvalue weighted by Gasteiger charge is -2.12. The zero-order chi connectivity index (χ0) is 9.78. The molecule has 0 saturated carbocycles. The third-order valence-electron chi connectivity index (χ3n) is 1.04. The molecule has 8 heteroatoms. The van der Waals surface area contributed by atoms with Gasteiger partial charge in [0, 0.05) is 13.6 Å². The number of carbonyl (C=O) groups excluding carboxylic acids is 1. The standard InChI is InChI=1S/C4H10N2O5S/c1-6(4(5)7)2-3-11-12(8,9)10/h2-3H2,1H3,(H2,5,7)(H,8,9,10). The second kappa shape index (κ2) is 4.24. The van der Waals surface area contributed by atoms with E-state index in [1.807, 2.05) is 0 Å². The van der Waals surface area contributed by atoms with Gasteiger partial charge < -0.3 is 10.6 Å². The minimum absolute atomic E-state index is 0.00484. The average Bonchev–Trinajstić information content (AvgIpc) is 1.84. The highest BCUT2D eigenvalue weighted by atomic mass is 32.3. The molecule has 0 rings (SSSR count). The van der Waals surface area contributed by atoms with Gasteiger partial charge in [-0.2, -0.15) is 8.42 Å². The Kier molecular flexibility index (Phi) is 3.93. The molecule has 0 bridgehead atoms. The number of carbonyl (C=O) groups is 1. The summed E-state index contributed by atoms with van der Waals surface area (Å²) in [5.41, 5.74) is 4.81. The van der Waals surface area contributed by atoms with Gasteiger partial charge in [-0.15, -0.1) is 0 Å². The third-order valence-corrected chi connectivity index (χ3v) is 1.50. The summed E-state index contributed by atoms with van der Waals surface area (Å²) in [5, 5.41) is 0. The summed E-state index contributed by atoms with van der Waals surface area (Å²) in [6, 6.07) is -0.700. The van der Waals surface area contributed by atoms with E-state index in [1.54, 1.807) is 0 Å². The Hall–Kier alpha value is -0.860. The van der Waals surface area contributed by atoms with Crippen molar-refractivity contribution in [3.05, 3.63) is 0 Å². The van der Waals surface area contributed by atoms with Crippen molar-refractivity contribution in [2.75, 3.05) is 20.2 Å². The van der Waals surface area contributed by atoms with Gasteiger partial charge in [0.15, 0.2) is 0 Å². The molecule has 0 heterocycles. The molecule has 0 atom stereocenters. The third kappa shape index (κ3) is 5.89. The Bertz CT molecular complexity index is 248. The Morgan fingerprint density at radius 3 is 2.50 bits per heavy atom. The molecule has 0 aromatic heterocycles. The predicted molar refractivity (Wildman–Crippen MR) is 39.7 cm³/mol. The summed E-state index contributed by atoms with van der Waals surface area (Å²) < 4.78 is 32.0. The fourth-order valence-electron chi connectivity index (χ4n) is 0.390. The molecule has 0 aliphatic rings. The first kappa shape index (κ1) is 11.1. The molecule has 0 spiro atoms. The van der Waals surface area contributed by atoms with E-state index in [0.717, 1.165) is 4.90 Å². The minimum atomic E-state index is -4.42. The monoisotopic (exact) mass is 198 g/mol.